The minimum absolute atomic E-state index is 0.0311. The van der Waals surface area contributed by atoms with Gasteiger partial charge in [0.25, 0.3) is 11.5 Å². The third-order valence-corrected chi connectivity index (χ3v) is 5.27. The standard InChI is InChI=1S/C21H18N2O4/c1-12-6-15-7-13-4-5-23(10-16(13)8-17(15)22-20(12)24)21(25)14-2-3-18-19(9-14)27-11-26-18/h2-3,6-9H,4-5,10-11H2,1H3,(H,22,24). The molecule has 0 radical (unpaired) electrons. The zero-order valence-corrected chi connectivity index (χ0v) is 14.9. The molecule has 27 heavy (non-hydrogen) atoms. The number of amides is 1. The van der Waals surface area contributed by atoms with Crippen molar-refractivity contribution >= 4 is 16.8 Å². The van der Waals surface area contributed by atoms with Crippen LogP contribution in [-0.2, 0) is 13.0 Å². The van der Waals surface area contributed by atoms with E-state index in [0.717, 1.165) is 22.9 Å². The molecule has 3 heterocycles. The Kier molecular flexibility index (Phi) is 3.47. The lowest BCUT2D eigenvalue weighted by Crippen LogP contribution is -2.36. The van der Waals surface area contributed by atoms with Crippen LogP contribution in [0.4, 0.5) is 0 Å². The molecule has 0 saturated carbocycles. The van der Waals surface area contributed by atoms with Crippen molar-refractivity contribution in [2.75, 3.05) is 13.3 Å². The Morgan fingerprint density at radius 2 is 1.93 bits per heavy atom. The van der Waals surface area contributed by atoms with E-state index in [1.807, 2.05) is 24.0 Å². The third-order valence-electron chi connectivity index (χ3n) is 5.27. The molecule has 2 aromatic carbocycles. The number of aromatic amines is 1. The normalized spacial score (nSPS) is 15.1. The summed E-state index contributed by atoms with van der Waals surface area (Å²) in [5.74, 6) is 1.25. The van der Waals surface area contributed by atoms with Crippen LogP contribution in [0.5, 0.6) is 11.5 Å². The maximum Gasteiger partial charge on any atom is 0.254 e. The zero-order chi connectivity index (χ0) is 18.5. The third kappa shape index (κ3) is 2.65. The van der Waals surface area contributed by atoms with Crippen LogP contribution in [0, 0.1) is 6.92 Å². The fraction of sp³-hybridized carbons (Fsp3) is 0.238. The molecule has 0 spiro atoms. The van der Waals surface area contributed by atoms with E-state index in [2.05, 4.69) is 11.1 Å². The average Bonchev–Trinajstić information content (AvgIpc) is 3.14. The summed E-state index contributed by atoms with van der Waals surface area (Å²) in [6.45, 7) is 3.18. The maximum atomic E-state index is 12.9. The largest absolute Gasteiger partial charge is 0.454 e. The van der Waals surface area contributed by atoms with E-state index in [-0.39, 0.29) is 18.3 Å². The average molecular weight is 362 g/mol. The fourth-order valence-corrected chi connectivity index (χ4v) is 3.76. The molecule has 1 amide bonds. The van der Waals surface area contributed by atoms with Crippen LogP contribution >= 0.6 is 0 Å². The number of fused-ring (bicyclic) bond motifs is 3. The van der Waals surface area contributed by atoms with Gasteiger partial charge in [-0.05, 0) is 66.3 Å². The number of carbonyl (C=O) groups is 1. The molecule has 1 N–H and O–H groups in total. The molecule has 0 atom stereocenters. The monoisotopic (exact) mass is 362 g/mol. The van der Waals surface area contributed by atoms with E-state index in [0.29, 0.717) is 35.7 Å². The van der Waals surface area contributed by atoms with Gasteiger partial charge in [-0.1, -0.05) is 0 Å². The Hall–Kier alpha value is -3.28. The van der Waals surface area contributed by atoms with Crippen molar-refractivity contribution in [1.29, 1.82) is 0 Å². The van der Waals surface area contributed by atoms with E-state index in [1.54, 1.807) is 18.2 Å². The summed E-state index contributed by atoms with van der Waals surface area (Å²) in [6.07, 6.45) is 0.791. The SMILES string of the molecule is Cc1cc2cc3c(cc2[nH]c1=O)CN(C(=O)c1ccc2c(c1)OCO2)CC3. The first-order valence-corrected chi connectivity index (χ1v) is 8.93. The number of hydrogen-bond acceptors (Lipinski definition) is 4. The number of aryl methyl sites for hydroxylation is 1. The van der Waals surface area contributed by atoms with Gasteiger partial charge in [0.05, 0.1) is 0 Å². The predicted molar refractivity (Wildman–Crippen MR) is 100 cm³/mol. The van der Waals surface area contributed by atoms with Crippen molar-refractivity contribution in [2.45, 2.75) is 19.9 Å². The van der Waals surface area contributed by atoms with Crippen LogP contribution in [-0.4, -0.2) is 29.1 Å². The Balaban J connectivity index is 1.46. The first-order valence-electron chi connectivity index (χ1n) is 8.93. The van der Waals surface area contributed by atoms with E-state index in [1.165, 1.54) is 5.56 Å². The number of nitrogens with one attached hydrogen (secondary N) is 1. The number of rotatable bonds is 1. The van der Waals surface area contributed by atoms with Crippen LogP contribution in [0.1, 0.15) is 27.0 Å². The number of pyridine rings is 1. The number of H-pyrrole nitrogens is 1. The first-order chi connectivity index (χ1) is 13.1. The van der Waals surface area contributed by atoms with Crippen LogP contribution in [0.3, 0.4) is 0 Å². The Morgan fingerprint density at radius 3 is 2.81 bits per heavy atom. The quantitative estimate of drug-likeness (QED) is 0.723. The van der Waals surface area contributed by atoms with Crippen molar-refractivity contribution in [2.24, 2.45) is 0 Å². The highest BCUT2D eigenvalue weighted by Gasteiger charge is 2.24. The van der Waals surface area contributed by atoms with Gasteiger partial charge in [-0.3, -0.25) is 9.59 Å². The summed E-state index contributed by atoms with van der Waals surface area (Å²) in [5, 5.41) is 1.03. The van der Waals surface area contributed by atoms with Gasteiger partial charge < -0.3 is 19.4 Å². The highest BCUT2D eigenvalue weighted by molar-refractivity contribution is 5.95. The Bertz CT molecular complexity index is 1150. The molecular formula is C21H18N2O4. The molecule has 0 bridgehead atoms. The number of nitrogens with zero attached hydrogens (tertiary/aromatic N) is 1. The summed E-state index contributed by atoms with van der Waals surface area (Å²) in [6, 6.07) is 11.3. The summed E-state index contributed by atoms with van der Waals surface area (Å²) in [4.78, 5) is 29.6. The summed E-state index contributed by atoms with van der Waals surface area (Å²) in [5.41, 5.74) is 4.32. The second-order valence-electron chi connectivity index (χ2n) is 7.03. The maximum absolute atomic E-state index is 12.9. The zero-order valence-electron chi connectivity index (χ0n) is 14.9. The smallest absolute Gasteiger partial charge is 0.254 e. The molecule has 5 rings (SSSR count). The van der Waals surface area contributed by atoms with Gasteiger partial charge >= 0.3 is 0 Å². The number of carbonyl (C=O) groups excluding carboxylic acids is 1. The number of aromatic nitrogens is 1. The lowest BCUT2D eigenvalue weighted by Gasteiger charge is -2.29. The number of hydrogen-bond donors (Lipinski definition) is 1. The van der Waals surface area contributed by atoms with Crippen molar-refractivity contribution in [3.63, 3.8) is 0 Å². The number of ether oxygens (including phenoxy) is 2. The van der Waals surface area contributed by atoms with Crippen LogP contribution in [0.2, 0.25) is 0 Å². The lowest BCUT2D eigenvalue weighted by molar-refractivity contribution is 0.0734. The lowest BCUT2D eigenvalue weighted by atomic mass is 9.96. The molecule has 0 unspecified atom stereocenters. The molecule has 0 saturated heterocycles. The molecule has 0 aliphatic carbocycles. The van der Waals surface area contributed by atoms with Gasteiger partial charge in [-0.2, -0.15) is 0 Å². The second-order valence-corrected chi connectivity index (χ2v) is 7.03. The molecule has 136 valence electrons. The first kappa shape index (κ1) is 15.9. The van der Waals surface area contributed by atoms with E-state index in [4.69, 9.17) is 9.47 Å². The highest BCUT2D eigenvalue weighted by Crippen LogP contribution is 2.33. The summed E-state index contributed by atoms with van der Waals surface area (Å²) < 4.78 is 10.7. The molecule has 3 aromatic rings. The van der Waals surface area contributed by atoms with Gasteiger partial charge in [-0.25, -0.2) is 0 Å². The summed E-state index contributed by atoms with van der Waals surface area (Å²) >= 11 is 0. The topological polar surface area (TPSA) is 71.6 Å². The van der Waals surface area contributed by atoms with Crippen molar-refractivity contribution in [1.82, 2.24) is 9.88 Å². The van der Waals surface area contributed by atoms with Gasteiger partial charge in [-0.15, -0.1) is 0 Å². The predicted octanol–water partition coefficient (Wildman–Crippen LogP) is 2.76. The minimum atomic E-state index is -0.0773. The van der Waals surface area contributed by atoms with Gasteiger partial charge in [0, 0.05) is 29.7 Å². The second kappa shape index (κ2) is 5.87. The van der Waals surface area contributed by atoms with E-state index in [9.17, 15) is 9.59 Å². The van der Waals surface area contributed by atoms with E-state index >= 15 is 0 Å². The van der Waals surface area contributed by atoms with Gasteiger partial charge in [0.15, 0.2) is 11.5 Å². The van der Waals surface area contributed by atoms with E-state index < -0.39 is 0 Å². The van der Waals surface area contributed by atoms with Crippen molar-refractivity contribution in [3.05, 3.63) is 69.0 Å². The molecule has 2 aliphatic heterocycles. The molecule has 6 heteroatoms. The minimum Gasteiger partial charge on any atom is -0.454 e. The van der Waals surface area contributed by atoms with Crippen LogP contribution in [0.25, 0.3) is 10.9 Å². The molecule has 6 nitrogen and oxygen atoms in total. The molecular weight excluding hydrogens is 344 g/mol. The molecule has 2 aliphatic rings. The van der Waals surface area contributed by atoms with Crippen LogP contribution < -0.4 is 15.0 Å². The highest BCUT2D eigenvalue weighted by atomic mass is 16.7. The number of benzene rings is 2. The Morgan fingerprint density at radius 1 is 1.07 bits per heavy atom. The Labute approximate surface area is 155 Å². The van der Waals surface area contributed by atoms with Crippen LogP contribution in [0.15, 0.2) is 41.2 Å². The fourth-order valence-electron chi connectivity index (χ4n) is 3.76. The summed E-state index contributed by atoms with van der Waals surface area (Å²) in [7, 11) is 0. The van der Waals surface area contributed by atoms with Gasteiger partial charge in [0.2, 0.25) is 6.79 Å². The van der Waals surface area contributed by atoms with Crippen molar-refractivity contribution < 1.29 is 14.3 Å². The van der Waals surface area contributed by atoms with Crippen molar-refractivity contribution in [3.8, 4) is 11.5 Å². The molecule has 0 fully saturated rings. The van der Waals surface area contributed by atoms with Gasteiger partial charge in [0.1, 0.15) is 0 Å². The molecule has 1 aromatic heterocycles.